The minimum Gasteiger partial charge on any atom is -0.478 e. The second kappa shape index (κ2) is 13.8. The highest BCUT2D eigenvalue weighted by Gasteiger charge is 2.66. The fourth-order valence-corrected chi connectivity index (χ4v) is 7.84. The molecule has 35 heavy (non-hydrogen) atoms. The van der Waals surface area contributed by atoms with Gasteiger partial charge in [0.15, 0.2) is 0 Å². The van der Waals surface area contributed by atoms with Gasteiger partial charge in [0, 0.05) is 10.8 Å². The average molecular weight is 491 g/mol. The summed E-state index contributed by atoms with van der Waals surface area (Å²) in [7, 11) is 0. The molecule has 1 fully saturated rings. The first-order valence-electron chi connectivity index (χ1n) is 15.0. The molecule has 2 aliphatic rings. The number of fused-ring (bicyclic) bond motifs is 2. The van der Waals surface area contributed by atoms with Crippen molar-refractivity contribution < 1.29 is 19.8 Å². The number of unbranched alkanes of at least 4 members (excludes halogenated alkanes) is 5. The fraction of sp³-hybridized carbons (Fsp3) is 0.871. The van der Waals surface area contributed by atoms with Gasteiger partial charge in [-0.05, 0) is 49.9 Å². The van der Waals surface area contributed by atoms with Crippen LogP contribution in [0.4, 0.5) is 0 Å². The van der Waals surface area contributed by atoms with Gasteiger partial charge in [-0.2, -0.15) is 0 Å². The summed E-state index contributed by atoms with van der Waals surface area (Å²) in [6, 6.07) is 0. The van der Waals surface area contributed by atoms with Crippen LogP contribution in [0.2, 0.25) is 0 Å². The standard InChI is InChI=1S/C31H54O4/c1-6-11-14-15-18-30-21-25(19-23(9-4)16-12-7-2)31(22-30,20-24(10-5)17-13-8-3)27(29(34)35)26(30)28(32)33/h23-25H,6-22H2,1-5H3,(H,32,33)(H,34,35). The SMILES string of the molecule is CCCCCCC12CC(CC(CC)CCCC)C(CC(CC)CCCC)(C1)C(C(=O)O)=C2C(=O)O. The summed E-state index contributed by atoms with van der Waals surface area (Å²) in [6.07, 6.45) is 18.0. The lowest BCUT2D eigenvalue weighted by molar-refractivity contribution is -0.138. The highest BCUT2D eigenvalue weighted by atomic mass is 16.4. The molecule has 2 rings (SSSR count). The van der Waals surface area contributed by atoms with Gasteiger partial charge in [-0.3, -0.25) is 0 Å². The Morgan fingerprint density at radius 2 is 1.37 bits per heavy atom. The Morgan fingerprint density at radius 3 is 1.89 bits per heavy atom. The third kappa shape index (κ3) is 6.72. The lowest BCUT2D eigenvalue weighted by Crippen LogP contribution is -2.37. The Labute approximate surface area is 215 Å². The van der Waals surface area contributed by atoms with E-state index in [0.717, 1.165) is 89.9 Å². The van der Waals surface area contributed by atoms with Gasteiger partial charge < -0.3 is 10.2 Å². The maximum Gasteiger partial charge on any atom is 0.332 e. The second-order valence-corrected chi connectivity index (χ2v) is 12.0. The van der Waals surface area contributed by atoms with E-state index in [1.807, 2.05) is 0 Å². The molecule has 4 nitrogen and oxygen atoms in total. The Morgan fingerprint density at radius 1 is 0.800 bits per heavy atom. The predicted molar refractivity (Wildman–Crippen MR) is 144 cm³/mol. The summed E-state index contributed by atoms with van der Waals surface area (Å²) >= 11 is 0. The Kier molecular flexibility index (Phi) is 11.8. The third-order valence-corrected chi connectivity index (χ3v) is 9.64. The summed E-state index contributed by atoms with van der Waals surface area (Å²) in [5.74, 6) is -0.577. The lowest BCUT2D eigenvalue weighted by Gasteiger charge is -2.41. The zero-order valence-corrected chi connectivity index (χ0v) is 23.5. The number of carboxylic acid groups (broad SMARTS) is 2. The Bertz CT molecular complexity index is 725. The topological polar surface area (TPSA) is 74.6 Å². The summed E-state index contributed by atoms with van der Waals surface area (Å²) in [5.41, 5.74) is -0.343. The second-order valence-electron chi connectivity index (χ2n) is 12.0. The van der Waals surface area contributed by atoms with Crippen LogP contribution in [0, 0.1) is 28.6 Å². The maximum absolute atomic E-state index is 12.9. The van der Waals surface area contributed by atoms with E-state index in [9.17, 15) is 19.8 Å². The van der Waals surface area contributed by atoms with E-state index in [1.54, 1.807) is 0 Å². The van der Waals surface area contributed by atoms with Crippen molar-refractivity contribution in [1.82, 2.24) is 0 Å². The largest absolute Gasteiger partial charge is 0.478 e. The van der Waals surface area contributed by atoms with Crippen LogP contribution in [0.25, 0.3) is 0 Å². The van der Waals surface area contributed by atoms with E-state index in [-0.39, 0.29) is 5.57 Å². The van der Waals surface area contributed by atoms with Crippen molar-refractivity contribution in [2.24, 2.45) is 28.6 Å². The summed E-state index contributed by atoms with van der Waals surface area (Å²) in [4.78, 5) is 25.5. The molecule has 0 aromatic heterocycles. The number of rotatable bonds is 19. The Hall–Kier alpha value is -1.32. The molecule has 0 heterocycles. The zero-order chi connectivity index (χ0) is 26.1. The van der Waals surface area contributed by atoms with Gasteiger partial charge in [0.05, 0.1) is 11.1 Å². The van der Waals surface area contributed by atoms with Gasteiger partial charge in [-0.1, -0.05) is 112 Å². The molecule has 0 aliphatic heterocycles. The average Bonchev–Trinajstić information content (AvgIpc) is 3.29. The van der Waals surface area contributed by atoms with Crippen LogP contribution >= 0.6 is 0 Å². The van der Waals surface area contributed by atoms with E-state index in [1.165, 1.54) is 19.3 Å². The number of carbonyl (C=O) groups is 2. The summed E-state index contributed by atoms with van der Waals surface area (Å²) < 4.78 is 0. The highest BCUT2D eigenvalue weighted by Crippen LogP contribution is 2.71. The molecular weight excluding hydrogens is 436 g/mol. The van der Waals surface area contributed by atoms with Gasteiger partial charge in [-0.15, -0.1) is 0 Å². The first-order chi connectivity index (χ1) is 16.7. The maximum atomic E-state index is 12.9. The van der Waals surface area contributed by atoms with Gasteiger partial charge in [0.2, 0.25) is 0 Å². The lowest BCUT2D eigenvalue weighted by atomic mass is 9.62. The molecule has 1 saturated carbocycles. The fourth-order valence-electron chi connectivity index (χ4n) is 7.84. The van der Waals surface area contributed by atoms with E-state index < -0.39 is 22.8 Å². The molecule has 0 radical (unpaired) electrons. The van der Waals surface area contributed by atoms with Gasteiger partial charge in [0.1, 0.15) is 0 Å². The monoisotopic (exact) mass is 490 g/mol. The zero-order valence-electron chi connectivity index (χ0n) is 23.5. The van der Waals surface area contributed by atoms with Crippen molar-refractivity contribution in [3.63, 3.8) is 0 Å². The molecule has 4 heteroatoms. The van der Waals surface area contributed by atoms with Crippen molar-refractivity contribution in [3.05, 3.63) is 11.1 Å². The van der Waals surface area contributed by atoms with Crippen molar-refractivity contribution in [3.8, 4) is 0 Å². The summed E-state index contributed by atoms with van der Waals surface area (Å²) in [5, 5.41) is 20.9. The van der Waals surface area contributed by atoms with Crippen LogP contribution in [0.1, 0.15) is 144 Å². The molecule has 0 amide bonds. The van der Waals surface area contributed by atoms with Crippen LogP contribution in [-0.4, -0.2) is 22.2 Å². The smallest absolute Gasteiger partial charge is 0.332 e. The quantitative estimate of drug-likeness (QED) is 0.177. The Balaban J connectivity index is 2.55. The van der Waals surface area contributed by atoms with Crippen molar-refractivity contribution in [2.75, 3.05) is 0 Å². The molecule has 202 valence electrons. The van der Waals surface area contributed by atoms with Crippen LogP contribution in [0.15, 0.2) is 11.1 Å². The molecule has 5 unspecified atom stereocenters. The first-order valence-corrected chi connectivity index (χ1v) is 15.0. The van der Waals surface area contributed by atoms with Gasteiger partial charge in [-0.25, -0.2) is 9.59 Å². The van der Waals surface area contributed by atoms with E-state index in [4.69, 9.17) is 0 Å². The van der Waals surface area contributed by atoms with Crippen molar-refractivity contribution >= 4 is 11.9 Å². The normalized spacial score (nSPS) is 27.4. The van der Waals surface area contributed by atoms with Crippen LogP contribution in [0.3, 0.4) is 0 Å². The molecule has 2 aliphatic carbocycles. The molecule has 0 spiro atoms. The molecule has 0 aromatic rings. The highest BCUT2D eigenvalue weighted by molar-refractivity contribution is 6.02. The van der Waals surface area contributed by atoms with Crippen LogP contribution in [0.5, 0.6) is 0 Å². The minimum atomic E-state index is -0.974. The van der Waals surface area contributed by atoms with Gasteiger partial charge >= 0.3 is 11.9 Å². The van der Waals surface area contributed by atoms with Crippen LogP contribution in [-0.2, 0) is 9.59 Å². The van der Waals surface area contributed by atoms with E-state index in [0.29, 0.717) is 23.3 Å². The first kappa shape index (κ1) is 29.9. The summed E-state index contributed by atoms with van der Waals surface area (Å²) in [6.45, 7) is 11.1. The molecule has 2 bridgehead atoms. The van der Waals surface area contributed by atoms with Crippen LogP contribution < -0.4 is 0 Å². The number of hydrogen-bond donors (Lipinski definition) is 2. The number of carboxylic acids is 2. The predicted octanol–water partition coefficient (Wildman–Crippen LogP) is 9.03. The van der Waals surface area contributed by atoms with E-state index >= 15 is 0 Å². The third-order valence-electron chi connectivity index (χ3n) is 9.64. The molecule has 0 saturated heterocycles. The number of aliphatic carboxylic acids is 2. The van der Waals surface area contributed by atoms with Gasteiger partial charge in [0.25, 0.3) is 0 Å². The van der Waals surface area contributed by atoms with E-state index in [2.05, 4.69) is 34.6 Å². The molecule has 2 N–H and O–H groups in total. The van der Waals surface area contributed by atoms with Crippen molar-refractivity contribution in [2.45, 2.75) is 144 Å². The van der Waals surface area contributed by atoms with Crippen molar-refractivity contribution in [1.29, 1.82) is 0 Å². The molecule has 0 aromatic carbocycles. The molecular formula is C31H54O4. The molecule has 5 atom stereocenters. The minimum absolute atomic E-state index is 0.282. The number of hydrogen-bond acceptors (Lipinski definition) is 2.